The van der Waals surface area contributed by atoms with Crippen LogP contribution in [-0.2, 0) is 0 Å². The number of hydrogen-bond donors (Lipinski definition) is 0. The van der Waals surface area contributed by atoms with Gasteiger partial charge in [0.15, 0.2) is 0 Å². The molecule has 1 heteroatoms. The van der Waals surface area contributed by atoms with E-state index in [1.165, 1.54) is 0 Å². The Bertz CT molecular complexity index is 295. The molecular formula is C16H25N. The summed E-state index contributed by atoms with van der Waals surface area (Å²) >= 11 is 0. The zero-order valence-corrected chi connectivity index (χ0v) is 11.2. The molecule has 0 aromatic rings. The average Bonchev–Trinajstić information content (AvgIpc) is 2.34. The van der Waals surface area contributed by atoms with Gasteiger partial charge in [0.25, 0.3) is 0 Å². The molecule has 0 bridgehead atoms. The lowest BCUT2D eigenvalue weighted by molar-refractivity contribution is 0.534. The van der Waals surface area contributed by atoms with Crippen molar-refractivity contribution in [3.63, 3.8) is 0 Å². The fourth-order valence-corrected chi connectivity index (χ4v) is 1.32. The molecule has 0 aliphatic heterocycles. The predicted octanol–water partition coefficient (Wildman–Crippen LogP) is 4.82. The van der Waals surface area contributed by atoms with Crippen LogP contribution in [0.3, 0.4) is 0 Å². The molecule has 17 heavy (non-hydrogen) atoms. The van der Waals surface area contributed by atoms with Crippen molar-refractivity contribution in [2.24, 2.45) is 0 Å². The van der Waals surface area contributed by atoms with Crippen molar-refractivity contribution in [2.75, 3.05) is 6.54 Å². The van der Waals surface area contributed by atoms with Crippen LogP contribution >= 0.6 is 0 Å². The molecule has 0 rings (SSSR count). The summed E-state index contributed by atoms with van der Waals surface area (Å²) in [5, 5.41) is 0. The van der Waals surface area contributed by atoms with Crippen LogP contribution in [0, 0.1) is 0 Å². The fraction of sp³-hybridized carbons (Fsp3) is 0.375. The molecule has 0 N–H and O–H groups in total. The van der Waals surface area contributed by atoms with Gasteiger partial charge in [0, 0.05) is 18.4 Å². The second-order valence-corrected chi connectivity index (χ2v) is 3.77. The van der Waals surface area contributed by atoms with Crippen molar-refractivity contribution in [1.29, 1.82) is 0 Å². The Morgan fingerprint density at radius 1 is 1.18 bits per heavy atom. The first-order valence-electron chi connectivity index (χ1n) is 6.27. The highest BCUT2D eigenvalue weighted by Gasteiger charge is 1.97. The molecule has 1 nitrogen and oxygen atoms in total. The standard InChI is InChI=1S/C16H25N/c1-5-8-10-11-12-13-16(4)17(14-7-3)15-9-6-2/h5,7-9,12-13,15H,3-4,6,10-11,14H2,1-2H3/b8-5-,13-12+,15-9+. The maximum atomic E-state index is 4.07. The molecule has 0 unspecified atom stereocenters. The summed E-state index contributed by atoms with van der Waals surface area (Å²) in [6.07, 6.45) is 17.8. The largest absolute Gasteiger partial charge is 0.345 e. The number of rotatable bonds is 9. The van der Waals surface area contributed by atoms with E-state index in [-0.39, 0.29) is 0 Å². The number of nitrogens with zero attached hydrogens (tertiary/aromatic N) is 1. The SMILES string of the molecule is C=CCN(/C=C/CC)C(=C)/C=C/CC/C=C\C. The third-order valence-electron chi connectivity index (χ3n) is 2.26. The van der Waals surface area contributed by atoms with Gasteiger partial charge in [-0.25, -0.2) is 0 Å². The lowest BCUT2D eigenvalue weighted by atomic mass is 10.2. The average molecular weight is 231 g/mol. The smallest absolute Gasteiger partial charge is 0.0403 e. The highest BCUT2D eigenvalue weighted by Crippen LogP contribution is 2.06. The fourth-order valence-electron chi connectivity index (χ4n) is 1.32. The monoisotopic (exact) mass is 231 g/mol. The van der Waals surface area contributed by atoms with Crippen molar-refractivity contribution in [1.82, 2.24) is 4.90 Å². The van der Waals surface area contributed by atoms with E-state index in [1.54, 1.807) is 0 Å². The highest BCUT2D eigenvalue weighted by molar-refractivity contribution is 5.17. The molecule has 0 spiro atoms. The zero-order chi connectivity index (χ0) is 12.9. The molecule has 0 fully saturated rings. The second kappa shape index (κ2) is 11.0. The summed E-state index contributed by atoms with van der Waals surface area (Å²) < 4.78 is 0. The van der Waals surface area contributed by atoms with Gasteiger partial charge in [-0.3, -0.25) is 0 Å². The van der Waals surface area contributed by atoms with Crippen LogP contribution in [-0.4, -0.2) is 11.4 Å². The topological polar surface area (TPSA) is 3.24 Å². The quantitative estimate of drug-likeness (QED) is 0.312. The van der Waals surface area contributed by atoms with Gasteiger partial charge in [0.1, 0.15) is 0 Å². The van der Waals surface area contributed by atoms with Crippen molar-refractivity contribution < 1.29 is 0 Å². The van der Waals surface area contributed by atoms with Gasteiger partial charge < -0.3 is 4.90 Å². The minimum atomic E-state index is 0.800. The Labute approximate surface area is 107 Å². The summed E-state index contributed by atoms with van der Waals surface area (Å²) in [5.74, 6) is 0. The van der Waals surface area contributed by atoms with Crippen LogP contribution < -0.4 is 0 Å². The van der Waals surface area contributed by atoms with Gasteiger partial charge >= 0.3 is 0 Å². The number of unbranched alkanes of at least 4 members (excludes halogenated alkanes) is 1. The maximum absolute atomic E-state index is 4.07. The summed E-state index contributed by atoms with van der Waals surface area (Å²) in [4.78, 5) is 2.10. The van der Waals surface area contributed by atoms with E-state index < -0.39 is 0 Å². The van der Waals surface area contributed by atoms with Gasteiger partial charge in [0.2, 0.25) is 0 Å². The molecule has 0 saturated heterocycles. The van der Waals surface area contributed by atoms with Crippen LogP contribution in [0.5, 0.6) is 0 Å². The van der Waals surface area contributed by atoms with Crippen LogP contribution in [0.1, 0.15) is 33.1 Å². The number of allylic oxidation sites excluding steroid dienone is 5. The lowest BCUT2D eigenvalue weighted by Crippen LogP contribution is -2.14. The van der Waals surface area contributed by atoms with E-state index in [0.29, 0.717) is 0 Å². The predicted molar refractivity (Wildman–Crippen MR) is 78.7 cm³/mol. The van der Waals surface area contributed by atoms with Crippen LogP contribution in [0.4, 0.5) is 0 Å². The minimum Gasteiger partial charge on any atom is -0.345 e. The summed E-state index contributed by atoms with van der Waals surface area (Å²) in [5.41, 5.74) is 1.01. The van der Waals surface area contributed by atoms with Crippen molar-refractivity contribution in [3.05, 3.63) is 61.5 Å². The van der Waals surface area contributed by atoms with Gasteiger partial charge in [-0.2, -0.15) is 0 Å². The van der Waals surface area contributed by atoms with Gasteiger partial charge in [-0.1, -0.05) is 43.9 Å². The van der Waals surface area contributed by atoms with E-state index in [0.717, 1.165) is 31.5 Å². The molecule has 0 saturated carbocycles. The van der Waals surface area contributed by atoms with Crippen molar-refractivity contribution in [3.8, 4) is 0 Å². The third kappa shape index (κ3) is 8.32. The van der Waals surface area contributed by atoms with Crippen molar-refractivity contribution >= 4 is 0 Å². The lowest BCUT2D eigenvalue weighted by Gasteiger charge is -2.18. The maximum Gasteiger partial charge on any atom is 0.0403 e. The summed E-state index contributed by atoms with van der Waals surface area (Å²) in [6.45, 7) is 12.8. The minimum absolute atomic E-state index is 0.800. The Morgan fingerprint density at radius 3 is 2.47 bits per heavy atom. The number of hydrogen-bond acceptors (Lipinski definition) is 1. The molecule has 0 aromatic heterocycles. The van der Waals surface area contributed by atoms with E-state index in [9.17, 15) is 0 Å². The van der Waals surface area contributed by atoms with E-state index in [1.807, 2.05) is 13.0 Å². The molecular weight excluding hydrogens is 206 g/mol. The zero-order valence-electron chi connectivity index (χ0n) is 11.2. The van der Waals surface area contributed by atoms with Crippen LogP contribution in [0.15, 0.2) is 61.5 Å². The van der Waals surface area contributed by atoms with Gasteiger partial charge in [-0.05, 0) is 32.3 Å². The van der Waals surface area contributed by atoms with E-state index >= 15 is 0 Å². The second-order valence-electron chi connectivity index (χ2n) is 3.77. The molecule has 0 amide bonds. The van der Waals surface area contributed by atoms with Crippen molar-refractivity contribution in [2.45, 2.75) is 33.1 Å². The normalized spacial score (nSPS) is 11.6. The molecule has 0 aromatic carbocycles. The first-order chi connectivity index (χ1) is 8.26. The Kier molecular flexibility index (Phi) is 10.0. The molecule has 0 heterocycles. The first-order valence-corrected chi connectivity index (χ1v) is 6.27. The first kappa shape index (κ1) is 15.5. The molecule has 0 atom stereocenters. The molecule has 0 aliphatic rings. The Hall–Kier alpha value is -1.50. The third-order valence-corrected chi connectivity index (χ3v) is 2.26. The molecule has 0 radical (unpaired) electrons. The summed E-state index contributed by atoms with van der Waals surface area (Å²) in [6, 6.07) is 0. The molecule has 0 aliphatic carbocycles. The van der Waals surface area contributed by atoms with Gasteiger partial charge in [0.05, 0.1) is 0 Å². The van der Waals surface area contributed by atoms with E-state index in [2.05, 4.69) is 61.6 Å². The Balaban J connectivity index is 4.21. The molecule has 94 valence electrons. The van der Waals surface area contributed by atoms with Crippen LogP contribution in [0.25, 0.3) is 0 Å². The highest BCUT2D eigenvalue weighted by atomic mass is 15.1. The van der Waals surface area contributed by atoms with Crippen LogP contribution in [0.2, 0.25) is 0 Å². The van der Waals surface area contributed by atoms with E-state index in [4.69, 9.17) is 0 Å². The Morgan fingerprint density at radius 2 is 1.88 bits per heavy atom. The summed E-state index contributed by atoms with van der Waals surface area (Å²) in [7, 11) is 0. The van der Waals surface area contributed by atoms with Gasteiger partial charge in [-0.15, -0.1) is 6.58 Å².